The van der Waals surface area contributed by atoms with Crippen LogP contribution >= 0.6 is 0 Å². The van der Waals surface area contributed by atoms with Gasteiger partial charge in [-0.2, -0.15) is 5.10 Å². The molecule has 3 rings (SSSR count). The number of carbonyl (C=O) groups excluding carboxylic acids is 2. The van der Waals surface area contributed by atoms with Crippen LogP contribution in [0.5, 0.6) is 0 Å². The molecule has 0 saturated heterocycles. The smallest absolute Gasteiger partial charge is 0.342 e. The van der Waals surface area contributed by atoms with E-state index in [0.29, 0.717) is 11.5 Å². The lowest BCUT2D eigenvalue weighted by atomic mass is 10.1. The third kappa shape index (κ3) is 4.89. The number of non-ortho nitro benzene ring substituents is 1. The summed E-state index contributed by atoms with van der Waals surface area (Å²) in [7, 11) is 0. The number of nitro groups is 1. The van der Waals surface area contributed by atoms with E-state index in [2.05, 4.69) is 15.4 Å². The molecule has 11 heteroatoms. The van der Waals surface area contributed by atoms with E-state index in [4.69, 9.17) is 4.74 Å². The predicted octanol–water partition coefficient (Wildman–Crippen LogP) is 3.23. The number of aromatic nitrogens is 3. The Labute approximate surface area is 175 Å². The van der Waals surface area contributed by atoms with Crippen molar-refractivity contribution >= 4 is 23.3 Å². The van der Waals surface area contributed by atoms with Gasteiger partial charge in [0.1, 0.15) is 11.4 Å². The third-order valence-corrected chi connectivity index (χ3v) is 4.21. The number of carbonyl (C=O) groups is 2. The van der Waals surface area contributed by atoms with Crippen molar-refractivity contribution in [1.82, 2.24) is 14.8 Å². The van der Waals surface area contributed by atoms with Gasteiger partial charge in [-0.15, -0.1) is 0 Å². The Kier molecular flexibility index (Phi) is 6.34. The lowest BCUT2D eigenvalue weighted by Gasteiger charge is -2.12. The summed E-state index contributed by atoms with van der Waals surface area (Å²) in [5.41, 5.74) is -0.0675. The molecule has 2 heterocycles. The van der Waals surface area contributed by atoms with E-state index in [9.17, 15) is 24.1 Å². The number of hydrogen-bond donors (Lipinski definition) is 1. The molecule has 0 fully saturated rings. The number of anilines is 1. The van der Waals surface area contributed by atoms with E-state index < -0.39 is 34.9 Å². The number of pyridine rings is 1. The van der Waals surface area contributed by atoms with Crippen molar-refractivity contribution in [3.8, 4) is 5.82 Å². The largest absolute Gasteiger partial charge is 0.452 e. The summed E-state index contributed by atoms with van der Waals surface area (Å²) in [6.45, 7) is 3.02. The predicted molar refractivity (Wildman–Crippen MR) is 107 cm³/mol. The van der Waals surface area contributed by atoms with Gasteiger partial charge in [-0.25, -0.2) is 18.9 Å². The first-order valence-electron chi connectivity index (χ1n) is 9.18. The molecule has 1 N–H and O–H groups in total. The van der Waals surface area contributed by atoms with Crippen molar-refractivity contribution < 1.29 is 23.6 Å². The van der Waals surface area contributed by atoms with Crippen LogP contribution in [-0.4, -0.2) is 38.2 Å². The number of ether oxygens (including phenoxy) is 1. The molecule has 31 heavy (non-hydrogen) atoms. The number of esters is 1. The van der Waals surface area contributed by atoms with Crippen LogP contribution in [0.25, 0.3) is 5.82 Å². The number of benzene rings is 1. The van der Waals surface area contributed by atoms with Gasteiger partial charge in [-0.3, -0.25) is 14.9 Å². The molecule has 2 aromatic heterocycles. The standard InChI is InChI=1S/C20H18FN5O5/c1-12(2)19-14(10-23-25(19)17-5-3-4-8-22-17)20(28)31-11-18(27)24-16-9-13(26(29)30)6-7-15(16)21/h3-10,12H,11H2,1-2H3,(H,24,27). The number of amides is 1. The molecule has 160 valence electrons. The summed E-state index contributed by atoms with van der Waals surface area (Å²) in [5, 5.41) is 17.2. The molecule has 0 aliphatic carbocycles. The molecule has 3 aromatic rings. The first kappa shape index (κ1) is 21.6. The van der Waals surface area contributed by atoms with Gasteiger partial charge in [0.15, 0.2) is 12.4 Å². The zero-order valence-corrected chi connectivity index (χ0v) is 16.6. The molecule has 10 nitrogen and oxygen atoms in total. The Bertz CT molecular complexity index is 1130. The van der Waals surface area contributed by atoms with Crippen LogP contribution in [0.1, 0.15) is 35.8 Å². The highest BCUT2D eigenvalue weighted by atomic mass is 19.1. The molecular formula is C20H18FN5O5. The van der Waals surface area contributed by atoms with Crippen LogP contribution in [0.3, 0.4) is 0 Å². The molecule has 0 aliphatic heterocycles. The minimum atomic E-state index is -0.857. The average Bonchev–Trinajstić information content (AvgIpc) is 3.19. The van der Waals surface area contributed by atoms with Crippen LogP contribution in [0, 0.1) is 15.9 Å². The first-order chi connectivity index (χ1) is 14.8. The molecule has 0 aliphatic rings. The molecule has 0 spiro atoms. The lowest BCUT2D eigenvalue weighted by molar-refractivity contribution is -0.384. The maximum atomic E-state index is 13.8. The second-order valence-corrected chi connectivity index (χ2v) is 6.74. The fourth-order valence-electron chi connectivity index (χ4n) is 2.85. The van der Waals surface area contributed by atoms with Crippen LogP contribution < -0.4 is 5.32 Å². The van der Waals surface area contributed by atoms with Crippen molar-refractivity contribution in [2.75, 3.05) is 11.9 Å². The van der Waals surface area contributed by atoms with Crippen molar-refractivity contribution in [1.29, 1.82) is 0 Å². The summed E-state index contributed by atoms with van der Waals surface area (Å²) in [5.74, 6) is -2.09. The fraction of sp³-hybridized carbons (Fsp3) is 0.200. The van der Waals surface area contributed by atoms with E-state index in [1.54, 1.807) is 24.4 Å². The molecule has 0 saturated carbocycles. The van der Waals surface area contributed by atoms with Gasteiger partial charge in [0.05, 0.1) is 22.5 Å². The minimum Gasteiger partial charge on any atom is -0.452 e. The van der Waals surface area contributed by atoms with Crippen LogP contribution in [0.2, 0.25) is 0 Å². The van der Waals surface area contributed by atoms with Crippen LogP contribution in [0.15, 0.2) is 48.8 Å². The van der Waals surface area contributed by atoms with E-state index >= 15 is 0 Å². The monoisotopic (exact) mass is 427 g/mol. The molecule has 0 radical (unpaired) electrons. The average molecular weight is 427 g/mol. The van der Waals surface area contributed by atoms with Crippen molar-refractivity contribution in [2.24, 2.45) is 0 Å². The molecule has 0 atom stereocenters. The third-order valence-electron chi connectivity index (χ3n) is 4.21. The summed E-state index contributed by atoms with van der Waals surface area (Å²) < 4.78 is 20.4. The second kappa shape index (κ2) is 9.11. The van der Waals surface area contributed by atoms with Gasteiger partial charge in [0.2, 0.25) is 0 Å². The van der Waals surface area contributed by atoms with Crippen molar-refractivity contribution in [3.63, 3.8) is 0 Å². The van der Waals surface area contributed by atoms with Crippen molar-refractivity contribution in [2.45, 2.75) is 19.8 Å². The number of rotatable bonds is 7. The second-order valence-electron chi connectivity index (χ2n) is 6.74. The Balaban J connectivity index is 1.71. The molecule has 1 aromatic carbocycles. The molecule has 0 bridgehead atoms. The number of halogens is 1. The molecule has 1 amide bonds. The Morgan fingerprint density at radius 3 is 2.71 bits per heavy atom. The number of hydrogen-bond acceptors (Lipinski definition) is 7. The van der Waals surface area contributed by atoms with Crippen LogP contribution in [-0.2, 0) is 9.53 Å². The maximum Gasteiger partial charge on any atom is 0.342 e. The highest BCUT2D eigenvalue weighted by molar-refractivity contribution is 5.96. The summed E-state index contributed by atoms with van der Waals surface area (Å²) in [6.07, 6.45) is 2.92. The van der Waals surface area contributed by atoms with Gasteiger partial charge < -0.3 is 10.1 Å². The van der Waals surface area contributed by atoms with Gasteiger partial charge in [-0.1, -0.05) is 19.9 Å². The number of nitrogens with zero attached hydrogens (tertiary/aromatic N) is 4. The highest BCUT2D eigenvalue weighted by Gasteiger charge is 2.23. The Morgan fingerprint density at radius 1 is 1.29 bits per heavy atom. The zero-order chi connectivity index (χ0) is 22.5. The molecule has 0 unspecified atom stereocenters. The van der Waals surface area contributed by atoms with Crippen molar-refractivity contribution in [3.05, 3.63) is 76.0 Å². The van der Waals surface area contributed by atoms with Gasteiger partial charge in [0, 0.05) is 18.3 Å². The maximum absolute atomic E-state index is 13.8. The Morgan fingerprint density at radius 2 is 2.06 bits per heavy atom. The Hall–Kier alpha value is -4.15. The summed E-state index contributed by atoms with van der Waals surface area (Å²) in [4.78, 5) is 38.9. The fourth-order valence-corrected chi connectivity index (χ4v) is 2.85. The van der Waals surface area contributed by atoms with E-state index in [1.165, 1.54) is 10.9 Å². The van der Waals surface area contributed by atoms with Gasteiger partial charge >= 0.3 is 5.97 Å². The highest BCUT2D eigenvalue weighted by Crippen LogP contribution is 2.23. The van der Waals surface area contributed by atoms with E-state index in [1.807, 2.05) is 13.8 Å². The van der Waals surface area contributed by atoms with E-state index in [-0.39, 0.29) is 17.2 Å². The summed E-state index contributed by atoms with van der Waals surface area (Å²) in [6, 6.07) is 7.97. The summed E-state index contributed by atoms with van der Waals surface area (Å²) >= 11 is 0. The topological polar surface area (TPSA) is 129 Å². The van der Waals surface area contributed by atoms with Gasteiger partial charge in [-0.05, 0) is 24.1 Å². The number of nitro benzene ring substituents is 1. The van der Waals surface area contributed by atoms with E-state index in [0.717, 1.165) is 18.2 Å². The quantitative estimate of drug-likeness (QED) is 0.348. The zero-order valence-electron chi connectivity index (χ0n) is 16.6. The van der Waals surface area contributed by atoms with Crippen LogP contribution in [0.4, 0.5) is 15.8 Å². The molecular weight excluding hydrogens is 409 g/mol. The first-order valence-corrected chi connectivity index (χ1v) is 9.18. The normalized spacial score (nSPS) is 10.7. The minimum absolute atomic E-state index is 0.111. The van der Waals surface area contributed by atoms with Gasteiger partial charge in [0.25, 0.3) is 11.6 Å². The SMILES string of the molecule is CC(C)c1c(C(=O)OCC(=O)Nc2cc([N+](=O)[O-])ccc2F)cnn1-c1ccccn1. The number of nitrogens with one attached hydrogen (secondary N) is 1. The lowest BCUT2D eigenvalue weighted by Crippen LogP contribution is -2.22.